The van der Waals surface area contributed by atoms with Crippen molar-refractivity contribution in [2.24, 2.45) is 16.7 Å². The zero-order valence-corrected chi connectivity index (χ0v) is 12.4. The molecule has 0 saturated carbocycles. The first-order valence-corrected chi connectivity index (χ1v) is 7.33. The van der Waals surface area contributed by atoms with Crippen molar-refractivity contribution in [3.63, 3.8) is 0 Å². The Labute approximate surface area is 111 Å². The molecule has 0 aliphatic carbocycles. The van der Waals surface area contributed by atoms with Crippen LogP contribution >= 0.6 is 0 Å². The van der Waals surface area contributed by atoms with Gasteiger partial charge in [0.05, 0.1) is 5.41 Å². The highest BCUT2D eigenvalue weighted by atomic mass is 16.2. The zero-order chi connectivity index (χ0) is 13.4. The van der Waals surface area contributed by atoms with Gasteiger partial charge in [0.1, 0.15) is 0 Å². The number of carbonyl (C=O) groups is 1. The predicted molar refractivity (Wildman–Crippen MR) is 74.4 cm³/mol. The molecule has 3 heteroatoms. The lowest BCUT2D eigenvalue weighted by Crippen LogP contribution is -2.48. The molecule has 2 heterocycles. The summed E-state index contributed by atoms with van der Waals surface area (Å²) in [5.41, 5.74) is 0.239. The van der Waals surface area contributed by atoms with Crippen LogP contribution in [0.25, 0.3) is 0 Å². The van der Waals surface area contributed by atoms with Crippen LogP contribution < -0.4 is 5.32 Å². The predicted octanol–water partition coefficient (Wildman–Crippen LogP) is 2.27. The van der Waals surface area contributed by atoms with E-state index in [4.69, 9.17) is 0 Å². The smallest absolute Gasteiger partial charge is 0.229 e. The highest BCUT2D eigenvalue weighted by molar-refractivity contribution is 5.83. The molecule has 0 radical (unpaired) electrons. The topological polar surface area (TPSA) is 32.3 Å². The van der Waals surface area contributed by atoms with Gasteiger partial charge in [-0.25, -0.2) is 0 Å². The number of hydrogen-bond donors (Lipinski definition) is 1. The molecule has 0 aromatic carbocycles. The van der Waals surface area contributed by atoms with Crippen molar-refractivity contribution >= 4 is 5.91 Å². The van der Waals surface area contributed by atoms with E-state index in [-0.39, 0.29) is 5.41 Å². The van der Waals surface area contributed by atoms with Crippen LogP contribution in [0.15, 0.2) is 0 Å². The Morgan fingerprint density at radius 3 is 2.33 bits per heavy atom. The van der Waals surface area contributed by atoms with Gasteiger partial charge < -0.3 is 10.2 Å². The van der Waals surface area contributed by atoms with E-state index in [0.29, 0.717) is 11.3 Å². The van der Waals surface area contributed by atoms with Crippen LogP contribution in [0.2, 0.25) is 0 Å². The molecule has 0 bridgehead atoms. The number of piperidine rings is 1. The van der Waals surface area contributed by atoms with Crippen LogP contribution in [-0.4, -0.2) is 37.0 Å². The van der Waals surface area contributed by atoms with Crippen LogP contribution in [0.1, 0.15) is 47.0 Å². The average molecular weight is 252 g/mol. The van der Waals surface area contributed by atoms with Gasteiger partial charge in [0.2, 0.25) is 5.91 Å². The summed E-state index contributed by atoms with van der Waals surface area (Å²) >= 11 is 0. The fraction of sp³-hybridized carbons (Fsp3) is 0.933. The van der Waals surface area contributed by atoms with Crippen molar-refractivity contribution in [2.75, 3.05) is 26.2 Å². The van der Waals surface area contributed by atoms with Gasteiger partial charge in [0.15, 0.2) is 0 Å². The molecular formula is C15H28N2O. The summed E-state index contributed by atoms with van der Waals surface area (Å²) in [6.45, 7) is 12.8. The van der Waals surface area contributed by atoms with Crippen LogP contribution in [0.4, 0.5) is 0 Å². The summed E-state index contributed by atoms with van der Waals surface area (Å²) < 4.78 is 0. The molecule has 1 unspecified atom stereocenters. The molecule has 2 saturated heterocycles. The molecule has 0 aromatic rings. The monoisotopic (exact) mass is 252 g/mol. The zero-order valence-electron chi connectivity index (χ0n) is 12.4. The number of likely N-dealkylation sites (tertiary alicyclic amines) is 1. The van der Waals surface area contributed by atoms with Crippen LogP contribution in [-0.2, 0) is 4.79 Å². The third-order valence-corrected chi connectivity index (χ3v) is 4.89. The van der Waals surface area contributed by atoms with Crippen LogP contribution in [0.3, 0.4) is 0 Å². The van der Waals surface area contributed by atoms with Gasteiger partial charge in [-0.1, -0.05) is 20.8 Å². The lowest BCUT2D eigenvalue weighted by Gasteiger charge is -2.41. The average Bonchev–Trinajstić information content (AvgIpc) is 2.75. The highest BCUT2D eigenvalue weighted by Gasteiger charge is 2.40. The Morgan fingerprint density at radius 1 is 1.28 bits per heavy atom. The van der Waals surface area contributed by atoms with Gasteiger partial charge in [0, 0.05) is 19.6 Å². The summed E-state index contributed by atoms with van der Waals surface area (Å²) in [6.07, 6.45) is 3.32. The standard InChI is InChI=1S/C15H28N2O/c1-14(2,3)12-5-9-17(10-6-12)13(18)15(4)7-8-16-11-15/h12,16H,5-11H2,1-4H3. The normalized spacial score (nSPS) is 30.8. The van der Waals surface area contributed by atoms with E-state index in [9.17, 15) is 4.79 Å². The van der Waals surface area contributed by atoms with Gasteiger partial charge >= 0.3 is 0 Å². The number of amides is 1. The summed E-state index contributed by atoms with van der Waals surface area (Å²) in [7, 11) is 0. The van der Waals surface area contributed by atoms with Crippen LogP contribution in [0.5, 0.6) is 0 Å². The maximum Gasteiger partial charge on any atom is 0.229 e. The molecule has 0 aromatic heterocycles. The van der Waals surface area contributed by atoms with Gasteiger partial charge in [-0.2, -0.15) is 0 Å². The maximum atomic E-state index is 12.6. The third-order valence-electron chi connectivity index (χ3n) is 4.89. The molecule has 3 nitrogen and oxygen atoms in total. The Bertz CT molecular complexity index is 305. The first kappa shape index (κ1) is 13.9. The van der Waals surface area contributed by atoms with Gasteiger partial charge in [-0.05, 0) is 44.1 Å². The van der Waals surface area contributed by atoms with Crippen LogP contribution in [0, 0.1) is 16.7 Å². The van der Waals surface area contributed by atoms with E-state index in [0.717, 1.165) is 38.5 Å². The Balaban J connectivity index is 1.92. The lowest BCUT2D eigenvalue weighted by atomic mass is 9.75. The summed E-state index contributed by atoms with van der Waals surface area (Å²) in [5, 5.41) is 3.32. The lowest BCUT2D eigenvalue weighted by molar-refractivity contribution is -0.142. The van der Waals surface area contributed by atoms with E-state index < -0.39 is 0 Å². The fourth-order valence-electron chi connectivity index (χ4n) is 3.33. The molecule has 2 rings (SSSR count). The molecule has 18 heavy (non-hydrogen) atoms. The Morgan fingerprint density at radius 2 is 1.89 bits per heavy atom. The number of nitrogens with zero attached hydrogens (tertiary/aromatic N) is 1. The number of hydrogen-bond acceptors (Lipinski definition) is 2. The van der Waals surface area contributed by atoms with Gasteiger partial charge in [0.25, 0.3) is 0 Å². The van der Waals surface area contributed by atoms with E-state index >= 15 is 0 Å². The minimum absolute atomic E-state index is 0.144. The van der Waals surface area contributed by atoms with E-state index in [1.807, 2.05) is 0 Å². The van der Waals surface area contributed by atoms with Crippen molar-refractivity contribution in [2.45, 2.75) is 47.0 Å². The third kappa shape index (κ3) is 2.71. The molecule has 1 atom stereocenters. The molecule has 2 fully saturated rings. The Hall–Kier alpha value is -0.570. The van der Waals surface area contributed by atoms with Crippen molar-refractivity contribution < 1.29 is 4.79 Å². The minimum atomic E-state index is -0.144. The van der Waals surface area contributed by atoms with E-state index in [1.165, 1.54) is 12.8 Å². The van der Waals surface area contributed by atoms with Gasteiger partial charge in [-0.15, -0.1) is 0 Å². The number of nitrogens with one attached hydrogen (secondary N) is 1. The van der Waals surface area contributed by atoms with Crippen molar-refractivity contribution in [1.29, 1.82) is 0 Å². The number of carbonyl (C=O) groups excluding carboxylic acids is 1. The van der Waals surface area contributed by atoms with Gasteiger partial charge in [-0.3, -0.25) is 4.79 Å². The summed E-state index contributed by atoms with van der Waals surface area (Å²) in [4.78, 5) is 14.7. The second kappa shape index (κ2) is 4.84. The molecule has 1 amide bonds. The molecule has 2 aliphatic heterocycles. The van der Waals surface area contributed by atoms with E-state index in [1.54, 1.807) is 0 Å². The molecular weight excluding hydrogens is 224 g/mol. The maximum absolute atomic E-state index is 12.6. The number of rotatable bonds is 1. The molecule has 1 N–H and O–H groups in total. The Kier molecular flexibility index (Phi) is 3.72. The minimum Gasteiger partial charge on any atom is -0.342 e. The second-order valence-electron chi connectivity index (χ2n) is 7.42. The fourth-order valence-corrected chi connectivity index (χ4v) is 3.33. The first-order valence-electron chi connectivity index (χ1n) is 7.33. The first-order chi connectivity index (χ1) is 8.33. The highest BCUT2D eigenvalue weighted by Crippen LogP contribution is 2.36. The molecule has 2 aliphatic rings. The molecule has 104 valence electrons. The largest absolute Gasteiger partial charge is 0.342 e. The van der Waals surface area contributed by atoms with E-state index in [2.05, 4.69) is 37.9 Å². The van der Waals surface area contributed by atoms with Crippen molar-refractivity contribution in [3.8, 4) is 0 Å². The summed E-state index contributed by atoms with van der Waals surface area (Å²) in [6, 6.07) is 0. The quantitative estimate of drug-likeness (QED) is 0.776. The summed E-state index contributed by atoms with van der Waals surface area (Å²) in [5.74, 6) is 1.14. The second-order valence-corrected chi connectivity index (χ2v) is 7.42. The van der Waals surface area contributed by atoms with Crippen molar-refractivity contribution in [3.05, 3.63) is 0 Å². The molecule has 0 spiro atoms. The SMILES string of the molecule is CC1(C(=O)N2CCC(C(C)(C)C)CC2)CCNC1. The van der Waals surface area contributed by atoms with Crippen molar-refractivity contribution in [1.82, 2.24) is 10.2 Å².